The number of nitrogens with two attached hydrogens (primary N) is 1. The summed E-state index contributed by atoms with van der Waals surface area (Å²) in [5, 5.41) is 8.35. The molecule has 4 heterocycles. The molecule has 0 atom stereocenters. The maximum absolute atomic E-state index is 6.01. The van der Waals surface area contributed by atoms with Crippen LogP contribution in [0.2, 0.25) is 0 Å². The molecule has 0 radical (unpaired) electrons. The van der Waals surface area contributed by atoms with Gasteiger partial charge in [-0.3, -0.25) is 5.10 Å². The van der Waals surface area contributed by atoms with Crippen LogP contribution in [0, 0.1) is 6.92 Å². The molecule has 0 unspecified atom stereocenters. The molecular formula is C17H22N6. The van der Waals surface area contributed by atoms with Crippen molar-refractivity contribution in [3.8, 4) is 11.4 Å². The second-order valence-corrected chi connectivity index (χ2v) is 6.19. The van der Waals surface area contributed by atoms with Crippen LogP contribution in [-0.2, 0) is 0 Å². The molecule has 0 bridgehead atoms. The molecule has 23 heavy (non-hydrogen) atoms. The van der Waals surface area contributed by atoms with E-state index in [1.165, 1.54) is 5.56 Å². The number of rotatable bonds is 2. The quantitative estimate of drug-likeness (QED) is 0.760. The highest BCUT2D eigenvalue weighted by Crippen LogP contribution is 2.27. The van der Waals surface area contributed by atoms with E-state index in [0.717, 1.165) is 54.2 Å². The number of aryl methyl sites for hydroxylation is 1. The summed E-state index contributed by atoms with van der Waals surface area (Å²) in [5.74, 6) is 1.01. The van der Waals surface area contributed by atoms with Crippen LogP contribution < -0.4 is 10.6 Å². The van der Waals surface area contributed by atoms with Crippen molar-refractivity contribution in [1.29, 1.82) is 0 Å². The lowest BCUT2D eigenvalue weighted by atomic mass is 10.1. The van der Waals surface area contributed by atoms with E-state index < -0.39 is 0 Å². The molecule has 3 aromatic rings. The molecule has 1 saturated heterocycles. The van der Waals surface area contributed by atoms with E-state index in [0.29, 0.717) is 6.04 Å². The number of piperidine rings is 1. The number of pyridine rings is 2. The van der Waals surface area contributed by atoms with Crippen LogP contribution in [-0.4, -0.2) is 39.3 Å². The number of aromatic nitrogens is 4. The number of anilines is 1. The molecule has 0 aliphatic carbocycles. The first-order valence-corrected chi connectivity index (χ1v) is 7.99. The molecule has 1 fully saturated rings. The van der Waals surface area contributed by atoms with Crippen molar-refractivity contribution in [2.45, 2.75) is 25.8 Å². The Hall–Kier alpha value is -2.47. The summed E-state index contributed by atoms with van der Waals surface area (Å²) in [4.78, 5) is 11.5. The van der Waals surface area contributed by atoms with E-state index in [-0.39, 0.29) is 1.43 Å². The van der Waals surface area contributed by atoms with Crippen molar-refractivity contribution in [3.63, 3.8) is 0 Å². The van der Waals surface area contributed by atoms with Crippen molar-refractivity contribution < 1.29 is 1.43 Å². The summed E-state index contributed by atoms with van der Waals surface area (Å²) in [6.07, 6.45) is 3.78. The fourth-order valence-corrected chi connectivity index (χ4v) is 3.11. The third-order valence-electron chi connectivity index (χ3n) is 4.41. The predicted molar refractivity (Wildman–Crippen MR) is 93.4 cm³/mol. The smallest absolute Gasteiger partial charge is 0.181 e. The predicted octanol–water partition coefficient (Wildman–Crippen LogP) is 2.50. The number of nitrogens with one attached hydrogen (secondary N) is 1. The monoisotopic (exact) mass is 310 g/mol. The Morgan fingerprint density at radius 2 is 2.13 bits per heavy atom. The zero-order valence-electron chi connectivity index (χ0n) is 13.2. The first kappa shape index (κ1) is 14.1. The van der Waals surface area contributed by atoms with Crippen molar-refractivity contribution >= 4 is 16.9 Å². The molecule has 4 rings (SSSR count). The Morgan fingerprint density at radius 1 is 1.30 bits per heavy atom. The van der Waals surface area contributed by atoms with Gasteiger partial charge in [-0.15, -0.1) is 0 Å². The number of fused-ring (bicyclic) bond motifs is 1. The van der Waals surface area contributed by atoms with Crippen molar-refractivity contribution in [2.75, 3.05) is 18.0 Å². The van der Waals surface area contributed by atoms with Crippen LogP contribution in [0.3, 0.4) is 0 Å². The van der Waals surface area contributed by atoms with Gasteiger partial charge >= 0.3 is 0 Å². The van der Waals surface area contributed by atoms with Gasteiger partial charge < -0.3 is 10.6 Å². The van der Waals surface area contributed by atoms with Crippen molar-refractivity contribution in [1.82, 2.24) is 20.2 Å². The van der Waals surface area contributed by atoms with E-state index in [4.69, 9.17) is 10.7 Å². The lowest BCUT2D eigenvalue weighted by molar-refractivity contribution is 0.498. The fraction of sp³-hybridized carbons (Fsp3) is 0.353. The Bertz CT molecular complexity index is 838. The van der Waals surface area contributed by atoms with E-state index in [1.807, 2.05) is 12.1 Å². The van der Waals surface area contributed by atoms with Crippen LogP contribution in [0.15, 0.2) is 30.5 Å². The molecule has 0 saturated carbocycles. The van der Waals surface area contributed by atoms with Crippen LogP contribution in [0.25, 0.3) is 22.4 Å². The van der Waals surface area contributed by atoms with Gasteiger partial charge in [-0.2, -0.15) is 5.10 Å². The molecule has 0 aromatic carbocycles. The standard InChI is InChI=1S/C17H20N6.H2/c1-11-9-14(16-13-3-2-6-19-17(13)22-21-16)20-15(10-11)23-7-4-12(18)5-8-23;/h2-3,6,9-10,12H,4-5,7-8,18H2,1H3,(H,19,21,22);1H. The van der Waals surface area contributed by atoms with Gasteiger partial charge in [0.1, 0.15) is 5.82 Å². The maximum atomic E-state index is 6.01. The minimum Gasteiger partial charge on any atom is -0.356 e. The van der Waals surface area contributed by atoms with Gasteiger partial charge in [-0.25, -0.2) is 9.97 Å². The average molecular weight is 310 g/mol. The number of nitrogens with zero attached hydrogens (tertiary/aromatic N) is 4. The molecule has 120 valence electrons. The summed E-state index contributed by atoms with van der Waals surface area (Å²) in [5.41, 5.74) is 9.74. The maximum Gasteiger partial charge on any atom is 0.181 e. The summed E-state index contributed by atoms with van der Waals surface area (Å²) in [6, 6.07) is 8.48. The van der Waals surface area contributed by atoms with Crippen molar-refractivity contribution in [2.24, 2.45) is 5.73 Å². The Labute approximate surface area is 136 Å². The van der Waals surface area contributed by atoms with E-state index in [9.17, 15) is 0 Å². The second kappa shape index (κ2) is 5.62. The van der Waals surface area contributed by atoms with Gasteiger partial charge in [0.25, 0.3) is 0 Å². The van der Waals surface area contributed by atoms with E-state index in [1.54, 1.807) is 6.20 Å². The van der Waals surface area contributed by atoms with Crippen molar-refractivity contribution in [3.05, 3.63) is 36.0 Å². The lowest BCUT2D eigenvalue weighted by Crippen LogP contribution is -2.40. The Morgan fingerprint density at radius 3 is 2.96 bits per heavy atom. The molecule has 0 spiro atoms. The van der Waals surface area contributed by atoms with Crippen LogP contribution in [0.5, 0.6) is 0 Å². The minimum absolute atomic E-state index is 0. The van der Waals surface area contributed by atoms with Gasteiger partial charge in [0.05, 0.1) is 11.4 Å². The molecule has 1 aliphatic heterocycles. The number of hydrogen-bond donors (Lipinski definition) is 2. The topological polar surface area (TPSA) is 83.7 Å². The Kier molecular flexibility index (Phi) is 3.46. The zero-order chi connectivity index (χ0) is 15.8. The fourth-order valence-electron chi connectivity index (χ4n) is 3.11. The normalized spacial score (nSPS) is 16.2. The third kappa shape index (κ3) is 2.66. The molecule has 6 heteroatoms. The Balaban J connectivity index is 0.00000169. The van der Waals surface area contributed by atoms with E-state index in [2.05, 4.69) is 39.1 Å². The molecule has 6 nitrogen and oxygen atoms in total. The first-order chi connectivity index (χ1) is 11.2. The molecule has 0 amide bonds. The van der Waals surface area contributed by atoms with Crippen LogP contribution in [0.1, 0.15) is 19.8 Å². The SMILES string of the molecule is Cc1cc(-c2[nH]nc3ncccc23)nc(N2CCC(N)CC2)c1.[HH]. The summed E-state index contributed by atoms with van der Waals surface area (Å²) >= 11 is 0. The molecule has 3 N–H and O–H groups in total. The highest BCUT2D eigenvalue weighted by molar-refractivity contribution is 5.89. The number of H-pyrrole nitrogens is 1. The second-order valence-electron chi connectivity index (χ2n) is 6.19. The average Bonchev–Trinajstić information content (AvgIpc) is 2.99. The van der Waals surface area contributed by atoms with Gasteiger partial charge in [-0.1, -0.05) is 0 Å². The third-order valence-corrected chi connectivity index (χ3v) is 4.41. The van der Waals surface area contributed by atoms with Gasteiger partial charge in [0.15, 0.2) is 5.65 Å². The number of hydrogen-bond acceptors (Lipinski definition) is 5. The highest BCUT2D eigenvalue weighted by atomic mass is 15.2. The summed E-state index contributed by atoms with van der Waals surface area (Å²) < 4.78 is 0. The molecule has 1 aliphatic rings. The lowest BCUT2D eigenvalue weighted by Gasteiger charge is -2.31. The van der Waals surface area contributed by atoms with Crippen LogP contribution in [0.4, 0.5) is 5.82 Å². The summed E-state index contributed by atoms with van der Waals surface area (Å²) in [7, 11) is 0. The van der Waals surface area contributed by atoms with E-state index >= 15 is 0 Å². The van der Waals surface area contributed by atoms with Gasteiger partial charge in [0.2, 0.25) is 0 Å². The minimum atomic E-state index is 0. The highest BCUT2D eigenvalue weighted by Gasteiger charge is 2.19. The van der Waals surface area contributed by atoms with Gasteiger partial charge in [0, 0.05) is 32.1 Å². The molecular weight excluding hydrogens is 288 g/mol. The van der Waals surface area contributed by atoms with Gasteiger partial charge in [-0.05, 0) is 49.6 Å². The first-order valence-electron chi connectivity index (χ1n) is 7.99. The number of aromatic amines is 1. The summed E-state index contributed by atoms with van der Waals surface area (Å²) in [6.45, 7) is 4.02. The zero-order valence-corrected chi connectivity index (χ0v) is 13.2. The van der Waals surface area contributed by atoms with Crippen LogP contribution >= 0.6 is 0 Å². The largest absolute Gasteiger partial charge is 0.356 e. The molecule has 3 aromatic heterocycles.